The summed E-state index contributed by atoms with van der Waals surface area (Å²) < 4.78 is 11.8. The number of hydrogen-bond acceptors (Lipinski definition) is 4. The minimum atomic E-state index is -0.209. The fraction of sp³-hybridized carbons (Fsp3) is 1.00. The first-order valence-electron chi connectivity index (χ1n) is 11.5. The van der Waals surface area contributed by atoms with E-state index in [0.717, 1.165) is 32.3 Å². The lowest BCUT2D eigenvalue weighted by Crippen LogP contribution is -2.59. The highest BCUT2D eigenvalue weighted by Gasteiger charge is 2.64. The van der Waals surface area contributed by atoms with Gasteiger partial charge >= 0.3 is 7.12 Å². The first kappa shape index (κ1) is 18.9. The number of aliphatic hydroxyl groups is 2. The van der Waals surface area contributed by atoms with Gasteiger partial charge in [0, 0.05) is 0 Å². The van der Waals surface area contributed by atoms with E-state index in [1.807, 2.05) is 6.82 Å². The Hall–Kier alpha value is -0.0951. The summed E-state index contributed by atoms with van der Waals surface area (Å²) in [4.78, 5) is 0. The van der Waals surface area contributed by atoms with E-state index in [-0.39, 0.29) is 36.3 Å². The van der Waals surface area contributed by atoms with Gasteiger partial charge < -0.3 is 19.5 Å². The number of aliphatic hydroxyl groups excluding tert-OH is 2. The van der Waals surface area contributed by atoms with Crippen LogP contribution in [0.15, 0.2) is 0 Å². The van der Waals surface area contributed by atoms with Crippen LogP contribution < -0.4 is 0 Å². The molecule has 0 bridgehead atoms. The topological polar surface area (TPSA) is 58.9 Å². The van der Waals surface area contributed by atoms with Gasteiger partial charge in [-0.05, 0) is 98.6 Å². The van der Waals surface area contributed by atoms with E-state index in [9.17, 15) is 10.2 Å². The molecule has 0 aromatic heterocycles. The van der Waals surface area contributed by atoms with Gasteiger partial charge in [0.1, 0.15) is 0 Å². The second kappa shape index (κ2) is 6.45. The molecule has 5 heteroatoms. The molecule has 1 aliphatic heterocycles. The van der Waals surface area contributed by atoms with Crippen molar-refractivity contribution < 1.29 is 19.5 Å². The van der Waals surface area contributed by atoms with E-state index in [1.54, 1.807) is 0 Å². The van der Waals surface area contributed by atoms with Gasteiger partial charge in [-0.1, -0.05) is 13.8 Å². The predicted molar refractivity (Wildman–Crippen MR) is 105 cm³/mol. The molecule has 0 aromatic rings. The zero-order valence-electron chi connectivity index (χ0n) is 17.3. The number of rotatable bonds is 1. The molecule has 152 valence electrons. The molecule has 5 aliphatic rings. The minimum Gasteiger partial charge on any atom is -0.409 e. The number of hydrogen-bond donors (Lipinski definition) is 2. The molecular weight excluding hydrogens is 339 g/mol. The SMILES string of the molecule is CB1OC[C@H]([C@H]2CC[C@H]3[C@@H]4CC[C@H]5C[C@H](O)CC[C@]5(C)[C@H]4[C@@H](O)C[C@]23C)O1. The van der Waals surface area contributed by atoms with E-state index in [0.29, 0.717) is 29.6 Å². The second-order valence-corrected chi connectivity index (χ2v) is 11.0. The monoisotopic (exact) mass is 376 g/mol. The van der Waals surface area contributed by atoms with Crippen LogP contribution in [0.25, 0.3) is 0 Å². The zero-order chi connectivity index (χ0) is 19.0. The summed E-state index contributed by atoms with van der Waals surface area (Å²) in [5.41, 5.74) is 0.387. The van der Waals surface area contributed by atoms with Crippen LogP contribution in [0.4, 0.5) is 0 Å². The lowest BCUT2D eigenvalue weighted by atomic mass is 9.44. The molecule has 0 unspecified atom stereocenters. The van der Waals surface area contributed by atoms with Gasteiger partial charge in [0.15, 0.2) is 0 Å². The molecule has 0 radical (unpaired) electrons. The minimum absolute atomic E-state index is 0.0815. The Morgan fingerprint density at radius 2 is 1.74 bits per heavy atom. The molecule has 27 heavy (non-hydrogen) atoms. The van der Waals surface area contributed by atoms with E-state index in [4.69, 9.17) is 9.31 Å². The first-order valence-corrected chi connectivity index (χ1v) is 11.5. The highest BCUT2D eigenvalue weighted by molar-refractivity contribution is 6.43. The summed E-state index contributed by atoms with van der Waals surface area (Å²) in [7, 11) is -0.0815. The van der Waals surface area contributed by atoms with Crippen LogP contribution in [0, 0.1) is 40.4 Å². The van der Waals surface area contributed by atoms with Gasteiger partial charge in [-0.2, -0.15) is 0 Å². The highest BCUT2D eigenvalue weighted by atomic mass is 16.6. The van der Waals surface area contributed by atoms with Crippen molar-refractivity contribution in [2.75, 3.05) is 6.61 Å². The van der Waals surface area contributed by atoms with Crippen LogP contribution in [-0.2, 0) is 9.31 Å². The standard InChI is InChI=1S/C22H37BO4/c1-21-9-8-14(24)10-13(21)4-5-15-16-6-7-17(19-12-26-23(3)27-19)22(16,2)11-18(25)20(15)21/h13-20,24-25H,4-12H2,1-3H3/t13-,14+,15-,16-,17+,18-,19+,20+,21-,22-/m0/s1. The van der Waals surface area contributed by atoms with Crippen LogP contribution in [0.3, 0.4) is 0 Å². The molecule has 5 fully saturated rings. The molecule has 10 atom stereocenters. The van der Waals surface area contributed by atoms with Gasteiger partial charge in [-0.15, -0.1) is 0 Å². The lowest BCUT2D eigenvalue weighted by molar-refractivity contribution is -0.181. The fourth-order valence-electron chi connectivity index (χ4n) is 8.78. The van der Waals surface area contributed by atoms with Gasteiger partial charge in [0.25, 0.3) is 0 Å². The van der Waals surface area contributed by atoms with Crippen LogP contribution >= 0.6 is 0 Å². The summed E-state index contributed by atoms with van der Waals surface area (Å²) in [6.07, 6.45) is 8.71. The van der Waals surface area contributed by atoms with Crippen LogP contribution in [0.1, 0.15) is 65.2 Å². The molecule has 1 saturated heterocycles. The summed E-state index contributed by atoms with van der Waals surface area (Å²) in [6.45, 7) is 7.60. The van der Waals surface area contributed by atoms with E-state index in [2.05, 4.69) is 13.8 Å². The van der Waals surface area contributed by atoms with Crippen molar-refractivity contribution >= 4 is 7.12 Å². The Morgan fingerprint density at radius 1 is 0.963 bits per heavy atom. The maximum Gasteiger partial charge on any atom is 0.453 e. The first-order chi connectivity index (χ1) is 12.8. The zero-order valence-corrected chi connectivity index (χ0v) is 17.3. The van der Waals surface area contributed by atoms with Crippen LogP contribution in [0.2, 0.25) is 6.82 Å². The Balaban J connectivity index is 1.42. The second-order valence-electron chi connectivity index (χ2n) is 11.0. The van der Waals surface area contributed by atoms with E-state index in [1.165, 1.54) is 25.7 Å². The molecule has 0 spiro atoms. The molecule has 0 amide bonds. The predicted octanol–water partition coefficient (Wildman–Crippen LogP) is 3.51. The third-order valence-electron chi connectivity index (χ3n) is 9.95. The summed E-state index contributed by atoms with van der Waals surface area (Å²) in [5, 5.41) is 21.7. The van der Waals surface area contributed by atoms with E-state index >= 15 is 0 Å². The Morgan fingerprint density at radius 3 is 2.48 bits per heavy atom. The quantitative estimate of drug-likeness (QED) is 0.688. The maximum atomic E-state index is 11.5. The summed E-state index contributed by atoms with van der Waals surface area (Å²) in [6, 6.07) is 0. The Kier molecular flexibility index (Phi) is 4.52. The third-order valence-corrected chi connectivity index (χ3v) is 9.95. The van der Waals surface area contributed by atoms with Crippen molar-refractivity contribution in [1.82, 2.24) is 0 Å². The largest absolute Gasteiger partial charge is 0.453 e. The van der Waals surface area contributed by atoms with Gasteiger partial charge in [0.05, 0.1) is 24.9 Å². The Bertz CT molecular complexity index is 587. The molecular formula is C22H37BO4. The molecule has 2 N–H and O–H groups in total. The van der Waals surface area contributed by atoms with Gasteiger partial charge in [0.2, 0.25) is 0 Å². The average molecular weight is 376 g/mol. The van der Waals surface area contributed by atoms with Crippen molar-refractivity contribution in [2.24, 2.45) is 40.4 Å². The van der Waals surface area contributed by atoms with Gasteiger partial charge in [-0.3, -0.25) is 0 Å². The molecule has 4 aliphatic carbocycles. The smallest absolute Gasteiger partial charge is 0.409 e. The van der Waals surface area contributed by atoms with Crippen molar-refractivity contribution in [3.05, 3.63) is 0 Å². The number of fused-ring (bicyclic) bond motifs is 5. The van der Waals surface area contributed by atoms with Crippen LogP contribution in [0.5, 0.6) is 0 Å². The molecule has 0 aromatic carbocycles. The lowest BCUT2D eigenvalue weighted by Gasteiger charge is -2.62. The van der Waals surface area contributed by atoms with E-state index < -0.39 is 0 Å². The normalized spacial score (nSPS) is 57.9. The highest BCUT2D eigenvalue weighted by Crippen LogP contribution is 2.68. The fourth-order valence-corrected chi connectivity index (χ4v) is 8.78. The summed E-state index contributed by atoms with van der Waals surface area (Å²) in [5.74, 6) is 2.87. The van der Waals surface area contributed by atoms with Crippen molar-refractivity contribution in [3.63, 3.8) is 0 Å². The molecule has 1 heterocycles. The van der Waals surface area contributed by atoms with Crippen molar-refractivity contribution in [1.29, 1.82) is 0 Å². The molecule has 5 rings (SSSR count). The summed E-state index contributed by atoms with van der Waals surface area (Å²) >= 11 is 0. The Labute approximate surface area is 164 Å². The maximum absolute atomic E-state index is 11.5. The van der Waals surface area contributed by atoms with Gasteiger partial charge in [-0.25, -0.2) is 0 Å². The van der Waals surface area contributed by atoms with Crippen LogP contribution in [-0.4, -0.2) is 42.3 Å². The van der Waals surface area contributed by atoms with Crippen molar-refractivity contribution in [3.8, 4) is 0 Å². The molecule has 4 saturated carbocycles. The average Bonchev–Trinajstić information content (AvgIpc) is 3.17. The van der Waals surface area contributed by atoms with Crippen molar-refractivity contribution in [2.45, 2.75) is 90.3 Å². The third kappa shape index (κ3) is 2.71. The molecule has 4 nitrogen and oxygen atoms in total.